The molecule has 1 atom stereocenters. The van der Waals surface area contributed by atoms with Crippen LogP contribution in [-0.2, 0) is 6.42 Å². The summed E-state index contributed by atoms with van der Waals surface area (Å²) >= 11 is 12.1. The van der Waals surface area contributed by atoms with Crippen LogP contribution in [0.3, 0.4) is 0 Å². The van der Waals surface area contributed by atoms with E-state index in [0.717, 1.165) is 17.7 Å². The molecule has 0 radical (unpaired) electrons. The molecule has 0 saturated carbocycles. The summed E-state index contributed by atoms with van der Waals surface area (Å²) < 4.78 is 0. The number of hydrogen-bond acceptors (Lipinski definition) is 2. The number of carbonyl (C=O) groups excluding carboxylic acids is 1. The van der Waals surface area contributed by atoms with Gasteiger partial charge in [-0.25, -0.2) is 4.98 Å². The first-order valence-electron chi connectivity index (χ1n) is 6.73. The monoisotopic (exact) mass is 322 g/mol. The normalized spacial score (nSPS) is 12.0. The van der Waals surface area contributed by atoms with Gasteiger partial charge in [0.25, 0.3) is 5.91 Å². The van der Waals surface area contributed by atoms with Crippen molar-refractivity contribution >= 4 is 29.1 Å². The van der Waals surface area contributed by atoms with Gasteiger partial charge in [0.05, 0.1) is 6.04 Å². The van der Waals surface area contributed by atoms with Crippen LogP contribution >= 0.6 is 23.2 Å². The Balaban J connectivity index is 2.18. The van der Waals surface area contributed by atoms with E-state index in [0.29, 0.717) is 15.7 Å². The minimum atomic E-state index is -0.193. The van der Waals surface area contributed by atoms with Crippen LogP contribution in [0.4, 0.5) is 0 Å². The molecule has 1 amide bonds. The van der Waals surface area contributed by atoms with E-state index in [1.165, 1.54) is 0 Å². The first-order chi connectivity index (χ1) is 10.0. The number of aryl methyl sites for hydroxylation is 1. The van der Waals surface area contributed by atoms with Crippen molar-refractivity contribution in [2.24, 2.45) is 0 Å². The number of pyridine rings is 1. The number of benzene rings is 1. The van der Waals surface area contributed by atoms with E-state index >= 15 is 0 Å². The largest absolute Gasteiger partial charge is 0.345 e. The van der Waals surface area contributed by atoms with Gasteiger partial charge in [-0.2, -0.15) is 0 Å². The smallest absolute Gasteiger partial charge is 0.251 e. The fraction of sp³-hybridized carbons (Fsp3) is 0.250. The number of nitrogens with one attached hydrogen (secondary N) is 1. The van der Waals surface area contributed by atoms with Gasteiger partial charge in [0.2, 0.25) is 0 Å². The van der Waals surface area contributed by atoms with Crippen LogP contribution in [0.1, 0.15) is 41.5 Å². The van der Waals surface area contributed by atoms with Gasteiger partial charge in [-0.3, -0.25) is 4.79 Å². The average Bonchev–Trinajstić information content (AvgIpc) is 2.46. The zero-order chi connectivity index (χ0) is 15.4. The predicted molar refractivity (Wildman–Crippen MR) is 86.0 cm³/mol. The molecule has 1 aromatic heterocycles. The van der Waals surface area contributed by atoms with E-state index in [1.54, 1.807) is 18.2 Å². The Morgan fingerprint density at radius 2 is 2.00 bits per heavy atom. The lowest BCUT2D eigenvalue weighted by molar-refractivity contribution is 0.0939. The summed E-state index contributed by atoms with van der Waals surface area (Å²) in [4.78, 5) is 16.5. The Morgan fingerprint density at radius 3 is 2.67 bits per heavy atom. The second-order valence-corrected chi connectivity index (χ2v) is 5.53. The second-order valence-electron chi connectivity index (χ2n) is 4.74. The molecule has 0 fully saturated rings. The Bertz CT molecular complexity index is 658. The summed E-state index contributed by atoms with van der Waals surface area (Å²) in [5.74, 6) is -0.193. The lowest BCUT2D eigenvalue weighted by Crippen LogP contribution is -2.27. The average molecular weight is 323 g/mol. The Morgan fingerprint density at radius 1 is 1.29 bits per heavy atom. The van der Waals surface area contributed by atoms with E-state index in [-0.39, 0.29) is 11.9 Å². The molecule has 2 rings (SSSR count). The minimum absolute atomic E-state index is 0.191. The van der Waals surface area contributed by atoms with Gasteiger partial charge in [-0.1, -0.05) is 48.3 Å². The molecule has 0 aliphatic rings. The van der Waals surface area contributed by atoms with E-state index in [1.807, 2.05) is 32.0 Å². The Kier molecular flexibility index (Phi) is 5.21. The zero-order valence-corrected chi connectivity index (χ0v) is 13.4. The van der Waals surface area contributed by atoms with Crippen molar-refractivity contribution in [2.75, 3.05) is 0 Å². The highest BCUT2D eigenvalue weighted by Gasteiger charge is 2.14. The summed E-state index contributed by atoms with van der Waals surface area (Å²) in [7, 11) is 0. The van der Waals surface area contributed by atoms with Crippen LogP contribution in [0.15, 0.2) is 36.4 Å². The summed E-state index contributed by atoms with van der Waals surface area (Å²) in [6.45, 7) is 3.86. The number of aromatic nitrogens is 1. The number of rotatable bonds is 4. The molecule has 0 saturated heterocycles. The maximum Gasteiger partial charge on any atom is 0.251 e. The fourth-order valence-corrected chi connectivity index (χ4v) is 2.57. The van der Waals surface area contributed by atoms with Gasteiger partial charge in [-0.15, -0.1) is 0 Å². The van der Waals surface area contributed by atoms with Crippen molar-refractivity contribution in [1.82, 2.24) is 10.3 Å². The molecule has 1 heterocycles. The highest BCUT2D eigenvalue weighted by atomic mass is 35.5. The van der Waals surface area contributed by atoms with Crippen molar-refractivity contribution in [2.45, 2.75) is 26.3 Å². The van der Waals surface area contributed by atoms with E-state index < -0.39 is 0 Å². The molecule has 0 bridgehead atoms. The van der Waals surface area contributed by atoms with Gasteiger partial charge >= 0.3 is 0 Å². The van der Waals surface area contributed by atoms with Crippen LogP contribution in [0.2, 0.25) is 10.2 Å². The molecular weight excluding hydrogens is 307 g/mol. The summed E-state index contributed by atoms with van der Waals surface area (Å²) in [5, 5.41) is 3.88. The van der Waals surface area contributed by atoms with Crippen LogP contribution in [0.5, 0.6) is 0 Å². The van der Waals surface area contributed by atoms with Crippen LogP contribution < -0.4 is 5.32 Å². The summed E-state index contributed by atoms with van der Waals surface area (Å²) in [6, 6.07) is 10.6. The van der Waals surface area contributed by atoms with E-state index in [2.05, 4.69) is 10.3 Å². The van der Waals surface area contributed by atoms with Gasteiger partial charge in [0.15, 0.2) is 0 Å². The van der Waals surface area contributed by atoms with Crippen molar-refractivity contribution < 1.29 is 4.79 Å². The molecule has 0 spiro atoms. The molecule has 1 aromatic carbocycles. The molecule has 1 unspecified atom stereocenters. The van der Waals surface area contributed by atoms with Crippen molar-refractivity contribution in [3.63, 3.8) is 0 Å². The quantitative estimate of drug-likeness (QED) is 0.845. The molecule has 3 nitrogen and oxygen atoms in total. The van der Waals surface area contributed by atoms with Crippen LogP contribution in [-0.4, -0.2) is 10.9 Å². The SMILES string of the molecule is CCc1cc(C(=O)NC(C)c2ccccc2Cl)cc(Cl)n1. The Labute approximate surface area is 134 Å². The lowest BCUT2D eigenvalue weighted by atomic mass is 10.1. The van der Waals surface area contributed by atoms with Crippen molar-refractivity contribution in [3.8, 4) is 0 Å². The maximum absolute atomic E-state index is 12.3. The second kappa shape index (κ2) is 6.92. The van der Waals surface area contributed by atoms with Crippen molar-refractivity contribution in [3.05, 3.63) is 63.4 Å². The lowest BCUT2D eigenvalue weighted by Gasteiger charge is -2.16. The standard InChI is InChI=1S/C16H16Cl2N2O/c1-3-12-8-11(9-15(18)20-12)16(21)19-10(2)13-6-4-5-7-14(13)17/h4-10H,3H2,1-2H3,(H,19,21). The molecule has 110 valence electrons. The number of amides is 1. The van der Waals surface area contributed by atoms with Crippen molar-refractivity contribution in [1.29, 1.82) is 0 Å². The topological polar surface area (TPSA) is 42.0 Å². The third kappa shape index (κ3) is 3.96. The third-order valence-electron chi connectivity index (χ3n) is 3.19. The molecule has 0 aliphatic carbocycles. The number of hydrogen-bond donors (Lipinski definition) is 1. The first-order valence-corrected chi connectivity index (χ1v) is 7.48. The van der Waals surface area contributed by atoms with E-state index in [9.17, 15) is 4.79 Å². The molecular formula is C16H16Cl2N2O. The molecule has 21 heavy (non-hydrogen) atoms. The van der Waals surface area contributed by atoms with Gasteiger partial charge < -0.3 is 5.32 Å². The minimum Gasteiger partial charge on any atom is -0.345 e. The van der Waals surface area contributed by atoms with Gasteiger partial charge in [0.1, 0.15) is 5.15 Å². The molecule has 1 N–H and O–H groups in total. The highest BCUT2D eigenvalue weighted by Crippen LogP contribution is 2.22. The summed E-state index contributed by atoms with van der Waals surface area (Å²) in [6.07, 6.45) is 0.723. The molecule has 2 aromatic rings. The van der Waals surface area contributed by atoms with Crippen LogP contribution in [0.25, 0.3) is 0 Å². The van der Waals surface area contributed by atoms with Crippen LogP contribution in [0, 0.1) is 0 Å². The third-order valence-corrected chi connectivity index (χ3v) is 3.73. The predicted octanol–water partition coefficient (Wildman–Crippen LogP) is 4.44. The number of carbonyl (C=O) groups is 1. The fourth-order valence-electron chi connectivity index (χ4n) is 2.05. The van der Waals surface area contributed by atoms with E-state index in [4.69, 9.17) is 23.2 Å². The highest BCUT2D eigenvalue weighted by molar-refractivity contribution is 6.31. The zero-order valence-electron chi connectivity index (χ0n) is 11.9. The molecule has 0 aliphatic heterocycles. The number of halogens is 2. The van der Waals surface area contributed by atoms with Gasteiger partial charge in [0, 0.05) is 16.3 Å². The number of nitrogens with zero attached hydrogens (tertiary/aromatic N) is 1. The first kappa shape index (κ1) is 15.8. The van der Waals surface area contributed by atoms with Gasteiger partial charge in [-0.05, 0) is 37.1 Å². The maximum atomic E-state index is 12.3. The summed E-state index contributed by atoms with van der Waals surface area (Å²) in [5.41, 5.74) is 2.17. The Hall–Kier alpha value is -1.58. The molecule has 5 heteroatoms.